The Morgan fingerprint density at radius 3 is 2.70 bits per heavy atom. The number of urea groups is 1. The van der Waals surface area contributed by atoms with Crippen LogP contribution >= 0.6 is 0 Å². The van der Waals surface area contributed by atoms with Crippen LogP contribution in [0.1, 0.15) is 62.2 Å². The zero-order valence-electron chi connectivity index (χ0n) is 22.0. The number of pyridine rings is 2. The van der Waals surface area contributed by atoms with Crippen LogP contribution in [0.2, 0.25) is 0 Å². The van der Waals surface area contributed by atoms with Gasteiger partial charge in [-0.2, -0.15) is 0 Å². The van der Waals surface area contributed by atoms with E-state index in [1.165, 1.54) is 5.56 Å². The zero-order chi connectivity index (χ0) is 26.4. The summed E-state index contributed by atoms with van der Waals surface area (Å²) in [5.74, 6) is 0. The number of aryl methyl sites for hydroxylation is 1. The normalized spacial score (nSPS) is 19.4. The summed E-state index contributed by atoms with van der Waals surface area (Å²) in [6.07, 6.45) is 11.1. The fraction of sp³-hybridized carbons (Fsp3) is 0.500. The molecule has 1 aliphatic heterocycles. The molecule has 1 aliphatic carbocycles. The van der Waals surface area contributed by atoms with Crippen LogP contribution in [0.3, 0.4) is 0 Å². The van der Waals surface area contributed by atoms with Crippen LogP contribution in [0.25, 0.3) is 0 Å². The molecule has 9 nitrogen and oxygen atoms in total. The van der Waals surface area contributed by atoms with E-state index in [-0.39, 0.29) is 18.2 Å². The molecule has 2 aromatic heterocycles. The average molecular weight is 507 g/mol. The molecule has 0 saturated heterocycles. The lowest BCUT2D eigenvalue weighted by Gasteiger charge is -2.42. The molecular weight excluding hydrogens is 468 g/mol. The number of rotatable bonds is 7. The second kappa shape index (κ2) is 11.7. The third-order valence-electron chi connectivity index (χ3n) is 6.78. The van der Waals surface area contributed by atoms with Gasteiger partial charge in [0.1, 0.15) is 5.60 Å². The van der Waals surface area contributed by atoms with Gasteiger partial charge in [0, 0.05) is 44.1 Å². The molecule has 0 aromatic carbocycles. The number of nitrogens with zero attached hydrogens (tertiary/aromatic N) is 4. The van der Waals surface area contributed by atoms with Gasteiger partial charge in [0.2, 0.25) is 0 Å². The molecule has 2 aromatic rings. The van der Waals surface area contributed by atoms with Crippen molar-refractivity contribution in [3.05, 3.63) is 71.3 Å². The van der Waals surface area contributed by atoms with Gasteiger partial charge in [0.05, 0.1) is 24.3 Å². The minimum Gasteiger partial charge on any atom is -0.444 e. The molecular formula is C28H38N6O3. The lowest BCUT2D eigenvalue weighted by molar-refractivity contribution is 0.00521. The van der Waals surface area contributed by atoms with Gasteiger partial charge < -0.3 is 15.8 Å². The van der Waals surface area contributed by atoms with Crippen molar-refractivity contribution in [3.63, 3.8) is 0 Å². The Morgan fingerprint density at radius 2 is 1.95 bits per heavy atom. The van der Waals surface area contributed by atoms with Crippen molar-refractivity contribution in [2.75, 3.05) is 19.6 Å². The van der Waals surface area contributed by atoms with E-state index in [1.807, 2.05) is 68.4 Å². The third kappa shape index (κ3) is 7.07. The second-order valence-electron chi connectivity index (χ2n) is 10.7. The number of fused-ring (bicyclic) bond motifs is 2. The summed E-state index contributed by atoms with van der Waals surface area (Å²) in [4.78, 5) is 38.0. The molecule has 0 radical (unpaired) electrons. The standard InChI is InChI=1S/C28H38N6O3/c1-28(2,3)37-27(36)34-18-21-11-8-14-30-23(21)17-22(34)19-33(16-5-4-13-32-26(29)35)24-12-6-9-20-10-7-15-31-25(20)24/h4-5,7-8,10-11,14-15,22,24H,6,9,12-13,16-19H2,1-3H3,(H3,29,32,35)/b5-4+/t22?,24-/m0/s1. The van der Waals surface area contributed by atoms with E-state index in [4.69, 9.17) is 15.5 Å². The molecule has 2 atom stereocenters. The molecule has 0 fully saturated rings. The highest BCUT2D eigenvalue weighted by Gasteiger charge is 2.36. The van der Waals surface area contributed by atoms with Crippen molar-refractivity contribution >= 4 is 12.1 Å². The maximum atomic E-state index is 13.3. The monoisotopic (exact) mass is 506 g/mol. The number of nitrogens with one attached hydrogen (secondary N) is 1. The van der Waals surface area contributed by atoms with Gasteiger partial charge in [-0.3, -0.25) is 19.8 Å². The number of nitrogens with two attached hydrogens (primary N) is 1. The Labute approximate surface area is 219 Å². The Bertz CT molecular complexity index is 1130. The molecule has 3 N–H and O–H groups in total. The summed E-state index contributed by atoms with van der Waals surface area (Å²) in [5.41, 5.74) is 9.08. The van der Waals surface area contributed by atoms with E-state index >= 15 is 0 Å². The number of amides is 3. The summed E-state index contributed by atoms with van der Waals surface area (Å²) in [5, 5.41) is 2.59. The lowest BCUT2D eigenvalue weighted by atomic mass is 9.90. The molecule has 3 heterocycles. The quantitative estimate of drug-likeness (QED) is 0.553. The van der Waals surface area contributed by atoms with Crippen molar-refractivity contribution < 1.29 is 14.3 Å². The lowest BCUT2D eigenvalue weighted by Crippen LogP contribution is -2.52. The molecule has 198 valence electrons. The fourth-order valence-corrected chi connectivity index (χ4v) is 5.14. The Kier molecular flexibility index (Phi) is 8.43. The maximum Gasteiger partial charge on any atom is 0.410 e. The van der Waals surface area contributed by atoms with Crippen molar-refractivity contribution in [1.29, 1.82) is 0 Å². The number of primary amides is 1. The van der Waals surface area contributed by atoms with Crippen LogP contribution in [0.15, 0.2) is 48.8 Å². The van der Waals surface area contributed by atoms with Gasteiger partial charge in [0.25, 0.3) is 0 Å². The van der Waals surface area contributed by atoms with E-state index in [0.717, 1.165) is 36.2 Å². The van der Waals surface area contributed by atoms with Crippen LogP contribution in [0.4, 0.5) is 9.59 Å². The number of carbonyl (C=O) groups excluding carboxylic acids is 2. The largest absolute Gasteiger partial charge is 0.444 e. The summed E-state index contributed by atoms with van der Waals surface area (Å²) < 4.78 is 5.81. The SMILES string of the molecule is CC(C)(C)OC(=O)N1Cc2cccnc2CC1CN(C/C=C/CNC(N)=O)[C@H]1CCCc2cccnc21. The first-order valence-corrected chi connectivity index (χ1v) is 13.0. The first kappa shape index (κ1) is 26.6. The summed E-state index contributed by atoms with van der Waals surface area (Å²) >= 11 is 0. The average Bonchev–Trinajstić information content (AvgIpc) is 2.86. The van der Waals surface area contributed by atoms with E-state index in [9.17, 15) is 9.59 Å². The van der Waals surface area contributed by atoms with Crippen LogP contribution in [0.5, 0.6) is 0 Å². The summed E-state index contributed by atoms with van der Waals surface area (Å²) in [7, 11) is 0. The Balaban J connectivity index is 1.61. The van der Waals surface area contributed by atoms with Crippen molar-refractivity contribution in [2.24, 2.45) is 5.73 Å². The minimum absolute atomic E-state index is 0.108. The van der Waals surface area contributed by atoms with Gasteiger partial charge in [0.15, 0.2) is 0 Å². The van der Waals surface area contributed by atoms with E-state index in [0.29, 0.717) is 32.6 Å². The topological polar surface area (TPSA) is 114 Å². The molecule has 9 heteroatoms. The van der Waals surface area contributed by atoms with Gasteiger partial charge in [-0.05, 0) is 63.3 Å². The first-order valence-electron chi connectivity index (χ1n) is 13.0. The smallest absolute Gasteiger partial charge is 0.410 e. The van der Waals surface area contributed by atoms with Crippen molar-refractivity contribution in [3.8, 4) is 0 Å². The van der Waals surface area contributed by atoms with Crippen molar-refractivity contribution in [2.45, 2.75) is 70.7 Å². The number of ether oxygens (including phenoxy) is 1. The maximum absolute atomic E-state index is 13.3. The van der Waals surface area contributed by atoms with Gasteiger partial charge in [-0.1, -0.05) is 24.3 Å². The Hall–Kier alpha value is -3.46. The molecule has 3 amide bonds. The Morgan fingerprint density at radius 1 is 1.19 bits per heavy atom. The molecule has 0 spiro atoms. The molecule has 1 unspecified atom stereocenters. The zero-order valence-corrected chi connectivity index (χ0v) is 22.0. The van der Waals surface area contributed by atoms with Crippen LogP contribution in [-0.4, -0.2) is 63.2 Å². The highest BCUT2D eigenvalue weighted by Crippen LogP contribution is 2.34. The highest BCUT2D eigenvalue weighted by atomic mass is 16.6. The number of hydrogen-bond donors (Lipinski definition) is 2. The van der Waals surface area contributed by atoms with Gasteiger partial charge in [-0.25, -0.2) is 9.59 Å². The molecule has 37 heavy (non-hydrogen) atoms. The minimum atomic E-state index is -0.584. The predicted molar refractivity (Wildman–Crippen MR) is 142 cm³/mol. The van der Waals surface area contributed by atoms with Crippen LogP contribution < -0.4 is 11.1 Å². The second-order valence-corrected chi connectivity index (χ2v) is 10.7. The number of aromatic nitrogens is 2. The summed E-state index contributed by atoms with van der Waals surface area (Å²) in [6.45, 7) is 7.80. The van der Waals surface area contributed by atoms with E-state index in [1.54, 1.807) is 0 Å². The molecule has 4 rings (SSSR count). The predicted octanol–water partition coefficient (Wildman–Crippen LogP) is 3.74. The van der Waals surface area contributed by atoms with Crippen LogP contribution in [-0.2, 0) is 24.1 Å². The molecule has 2 aliphatic rings. The summed E-state index contributed by atoms with van der Waals surface area (Å²) in [6, 6.07) is 7.57. The van der Waals surface area contributed by atoms with Gasteiger partial charge in [-0.15, -0.1) is 0 Å². The van der Waals surface area contributed by atoms with Gasteiger partial charge >= 0.3 is 12.1 Å². The molecule has 0 bridgehead atoms. The van der Waals surface area contributed by atoms with E-state index < -0.39 is 11.6 Å². The highest BCUT2D eigenvalue weighted by molar-refractivity contribution is 5.71. The van der Waals surface area contributed by atoms with Crippen molar-refractivity contribution in [1.82, 2.24) is 25.1 Å². The number of hydrogen-bond acceptors (Lipinski definition) is 6. The fourth-order valence-electron chi connectivity index (χ4n) is 5.14. The molecule has 0 saturated carbocycles. The third-order valence-corrected chi connectivity index (χ3v) is 6.78. The van der Waals surface area contributed by atoms with Crippen LogP contribution in [0, 0.1) is 0 Å². The van der Waals surface area contributed by atoms with E-state index in [2.05, 4.69) is 21.3 Å². The number of carbonyl (C=O) groups is 2. The first-order chi connectivity index (χ1) is 17.7.